The molecule has 2 aromatic rings. The molecule has 0 amide bonds. The summed E-state index contributed by atoms with van der Waals surface area (Å²) in [5, 5.41) is 9.17. The van der Waals surface area contributed by atoms with Crippen molar-refractivity contribution in [1.29, 1.82) is 0 Å². The summed E-state index contributed by atoms with van der Waals surface area (Å²) in [4.78, 5) is 34.6. The van der Waals surface area contributed by atoms with Gasteiger partial charge in [-0.15, -0.1) is 0 Å². The molecule has 0 aromatic heterocycles. The third-order valence-electron chi connectivity index (χ3n) is 3.89. The molecule has 0 aliphatic heterocycles. The number of hydrogen-bond acceptors (Lipinski definition) is 6. The van der Waals surface area contributed by atoms with Crippen LogP contribution in [0.4, 0.5) is 4.79 Å². The molecule has 7 heteroatoms. The maximum absolute atomic E-state index is 11.8. The summed E-state index contributed by atoms with van der Waals surface area (Å²) in [5.41, 5.74) is 1.33. The van der Waals surface area contributed by atoms with Crippen LogP contribution < -0.4 is 0 Å². The van der Waals surface area contributed by atoms with Gasteiger partial charge < -0.3 is 19.3 Å². The van der Waals surface area contributed by atoms with Crippen LogP contribution in [-0.4, -0.2) is 29.8 Å². The molecule has 0 heterocycles. The molecule has 0 aliphatic carbocycles. The van der Waals surface area contributed by atoms with Gasteiger partial charge in [0.1, 0.15) is 12.7 Å². The minimum Gasteiger partial charge on any atom is -0.478 e. The molecule has 0 saturated carbocycles. The number of rotatable bonds is 9. The van der Waals surface area contributed by atoms with E-state index in [1.165, 1.54) is 6.07 Å². The largest absolute Gasteiger partial charge is 0.508 e. The van der Waals surface area contributed by atoms with E-state index in [1.54, 1.807) is 25.1 Å². The molecule has 2 aromatic carbocycles. The maximum Gasteiger partial charge on any atom is 0.508 e. The van der Waals surface area contributed by atoms with Crippen molar-refractivity contribution in [3.63, 3.8) is 0 Å². The maximum atomic E-state index is 11.8. The fraction of sp³-hybridized carbons (Fsp3) is 0.286. The molecule has 1 unspecified atom stereocenters. The summed E-state index contributed by atoms with van der Waals surface area (Å²) >= 11 is 0. The lowest BCUT2D eigenvalue weighted by Gasteiger charge is -2.15. The Morgan fingerprint density at radius 2 is 1.64 bits per heavy atom. The molecular formula is C21H22O7. The molecule has 0 saturated heterocycles. The van der Waals surface area contributed by atoms with E-state index < -0.39 is 18.2 Å². The average molecular weight is 386 g/mol. The number of ether oxygens (including phenoxy) is 3. The SMILES string of the molecule is CC(OC(=O)OCCCC(=O)OCc1ccccc1)c1ccccc1C(=O)O. The standard InChI is InChI=1S/C21H22O7/c1-15(17-10-5-6-11-18(17)20(23)24)28-21(25)26-13-7-12-19(22)27-14-16-8-3-2-4-9-16/h2-6,8-11,15H,7,12-14H2,1H3,(H,23,24). The summed E-state index contributed by atoms with van der Waals surface area (Å²) in [6.07, 6.45) is -1.30. The molecule has 1 N–H and O–H groups in total. The molecule has 148 valence electrons. The van der Waals surface area contributed by atoms with Gasteiger partial charge >= 0.3 is 18.1 Å². The third-order valence-corrected chi connectivity index (χ3v) is 3.89. The van der Waals surface area contributed by atoms with E-state index in [2.05, 4.69) is 0 Å². The van der Waals surface area contributed by atoms with Crippen LogP contribution in [0, 0.1) is 0 Å². The van der Waals surface area contributed by atoms with Gasteiger partial charge in [-0.1, -0.05) is 48.5 Å². The van der Waals surface area contributed by atoms with Gasteiger partial charge in [-0.05, 0) is 25.0 Å². The minimum absolute atomic E-state index is 0.00737. The minimum atomic E-state index is -1.10. The summed E-state index contributed by atoms with van der Waals surface area (Å²) in [5.74, 6) is -1.49. The van der Waals surface area contributed by atoms with Gasteiger partial charge in [0.15, 0.2) is 0 Å². The first-order valence-electron chi connectivity index (χ1n) is 8.82. The van der Waals surface area contributed by atoms with E-state index in [0.29, 0.717) is 12.0 Å². The Kier molecular flexibility index (Phi) is 8.02. The molecular weight excluding hydrogens is 364 g/mol. The van der Waals surface area contributed by atoms with Crippen LogP contribution in [0.3, 0.4) is 0 Å². The number of esters is 1. The Morgan fingerprint density at radius 1 is 0.964 bits per heavy atom. The monoisotopic (exact) mass is 386 g/mol. The van der Waals surface area contributed by atoms with Crippen molar-refractivity contribution in [2.45, 2.75) is 32.5 Å². The van der Waals surface area contributed by atoms with Crippen LogP contribution in [0.25, 0.3) is 0 Å². The third kappa shape index (κ3) is 6.75. The van der Waals surface area contributed by atoms with Crippen LogP contribution in [-0.2, 0) is 25.6 Å². The van der Waals surface area contributed by atoms with Crippen molar-refractivity contribution in [2.75, 3.05) is 6.61 Å². The Bertz CT molecular complexity index is 801. The normalized spacial score (nSPS) is 11.3. The number of carbonyl (C=O) groups is 3. The lowest BCUT2D eigenvalue weighted by atomic mass is 10.0. The molecule has 0 fully saturated rings. The van der Waals surface area contributed by atoms with Crippen LogP contribution >= 0.6 is 0 Å². The quantitative estimate of drug-likeness (QED) is 0.511. The number of carboxylic acid groups (broad SMARTS) is 1. The first-order chi connectivity index (χ1) is 13.5. The van der Waals surface area contributed by atoms with Crippen molar-refractivity contribution in [3.8, 4) is 0 Å². The molecule has 0 bridgehead atoms. The molecule has 0 radical (unpaired) electrons. The van der Waals surface area contributed by atoms with Crippen molar-refractivity contribution in [2.24, 2.45) is 0 Å². The van der Waals surface area contributed by atoms with Gasteiger partial charge in [-0.3, -0.25) is 4.79 Å². The van der Waals surface area contributed by atoms with Gasteiger partial charge in [0.05, 0.1) is 12.2 Å². The molecule has 28 heavy (non-hydrogen) atoms. The smallest absolute Gasteiger partial charge is 0.478 e. The van der Waals surface area contributed by atoms with Crippen molar-refractivity contribution in [1.82, 2.24) is 0 Å². The fourth-order valence-electron chi connectivity index (χ4n) is 2.47. The summed E-state index contributed by atoms with van der Waals surface area (Å²) < 4.78 is 15.2. The molecule has 2 rings (SSSR count). The predicted molar refractivity (Wildman–Crippen MR) is 99.7 cm³/mol. The van der Waals surface area contributed by atoms with Crippen molar-refractivity contribution < 1.29 is 33.7 Å². The van der Waals surface area contributed by atoms with Gasteiger partial charge in [-0.2, -0.15) is 0 Å². The van der Waals surface area contributed by atoms with Gasteiger partial charge in [0.25, 0.3) is 0 Å². The number of carbonyl (C=O) groups excluding carboxylic acids is 2. The van der Waals surface area contributed by atoms with Crippen molar-refractivity contribution >= 4 is 18.1 Å². The topological polar surface area (TPSA) is 99.1 Å². The zero-order chi connectivity index (χ0) is 20.4. The second-order valence-electron chi connectivity index (χ2n) is 6.00. The fourth-order valence-corrected chi connectivity index (χ4v) is 2.47. The van der Waals surface area contributed by atoms with E-state index in [9.17, 15) is 19.5 Å². The van der Waals surface area contributed by atoms with Crippen LogP contribution in [0.15, 0.2) is 54.6 Å². The summed E-state index contributed by atoms with van der Waals surface area (Å²) in [6.45, 7) is 1.75. The van der Waals surface area contributed by atoms with Crippen molar-refractivity contribution in [3.05, 3.63) is 71.3 Å². The first-order valence-corrected chi connectivity index (χ1v) is 8.82. The van der Waals surface area contributed by atoms with E-state index in [-0.39, 0.29) is 31.2 Å². The number of carboxylic acids is 1. The predicted octanol–water partition coefficient (Wildman–Crippen LogP) is 4.12. The summed E-state index contributed by atoms with van der Waals surface area (Å²) in [7, 11) is 0. The number of aromatic carboxylic acids is 1. The lowest BCUT2D eigenvalue weighted by molar-refractivity contribution is -0.145. The first kappa shape index (κ1) is 21.0. The second kappa shape index (κ2) is 10.7. The van der Waals surface area contributed by atoms with E-state index in [4.69, 9.17) is 14.2 Å². The highest BCUT2D eigenvalue weighted by molar-refractivity contribution is 5.89. The van der Waals surface area contributed by atoms with E-state index >= 15 is 0 Å². The molecule has 1 atom stereocenters. The average Bonchev–Trinajstić information content (AvgIpc) is 2.70. The molecule has 0 spiro atoms. The van der Waals surface area contributed by atoms with Crippen LogP contribution in [0.2, 0.25) is 0 Å². The van der Waals surface area contributed by atoms with E-state index in [1.807, 2.05) is 30.3 Å². The second-order valence-corrected chi connectivity index (χ2v) is 6.00. The van der Waals surface area contributed by atoms with Gasteiger partial charge in [-0.25, -0.2) is 9.59 Å². The number of benzene rings is 2. The highest BCUT2D eigenvalue weighted by atomic mass is 16.7. The highest BCUT2D eigenvalue weighted by Crippen LogP contribution is 2.21. The van der Waals surface area contributed by atoms with Crippen LogP contribution in [0.5, 0.6) is 0 Å². The van der Waals surface area contributed by atoms with Gasteiger partial charge in [0.2, 0.25) is 0 Å². The Balaban J connectivity index is 1.67. The summed E-state index contributed by atoms with van der Waals surface area (Å²) in [6, 6.07) is 15.6. The highest BCUT2D eigenvalue weighted by Gasteiger charge is 2.19. The Morgan fingerprint density at radius 3 is 2.36 bits per heavy atom. The zero-order valence-electron chi connectivity index (χ0n) is 15.5. The zero-order valence-corrected chi connectivity index (χ0v) is 15.5. The van der Waals surface area contributed by atoms with Crippen LogP contribution in [0.1, 0.15) is 47.4 Å². The lowest BCUT2D eigenvalue weighted by Crippen LogP contribution is -2.14. The molecule has 0 aliphatic rings. The Hall–Kier alpha value is -3.35. The van der Waals surface area contributed by atoms with E-state index in [0.717, 1.165) is 5.56 Å². The number of hydrogen-bond donors (Lipinski definition) is 1. The van der Waals surface area contributed by atoms with Gasteiger partial charge in [0, 0.05) is 12.0 Å². The molecule has 7 nitrogen and oxygen atoms in total. The Labute approximate surface area is 162 Å².